The van der Waals surface area contributed by atoms with Gasteiger partial charge in [-0.15, -0.1) is 0 Å². The fourth-order valence-electron chi connectivity index (χ4n) is 2.53. The van der Waals surface area contributed by atoms with Crippen LogP contribution in [0.3, 0.4) is 0 Å². The molecule has 0 radical (unpaired) electrons. The first-order valence-corrected chi connectivity index (χ1v) is 7.79. The molecule has 3 amide bonds. The summed E-state index contributed by atoms with van der Waals surface area (Å²) in [6.45, 7) is 4.99. The summed E-state index contributed by atoms with van der Waals surface area (Å²) in [5, 5.41) is 3.45. The molecular formula is C16H22ClN3O2. The number of carbonyl (C=O) groups is 2. The zero-order valence-corrected chi connectivity index (χ0v) is 13.9. The average Bonchev–Trinajstić information content (AvgIpc) is 2.68. The predicted octanol–water partition coefficient (Wildman–Crippen LogP) is 2.70. The summed E-state index contributed by atoms with van der Waals surface area (Å²) < 4.78 is 0. The SMILES string of the molecule is CC(C)CC1NC(=O)N(CN(C)Cc2ccc(Cl)cc2)C1=O. The molecule has 1 N–H and O–H groups in total. The smallest absolute Gasteiger partial charge is 0.325 e. The van der Waals surface area contributed by atoms with Crippen LogP contribution in [0.4, 0.5) is 4.79 Å². The van der Waals surface area contributed by atoms with Crippen molar-refractivity contribution in [1.82, 2.24) is 15.1 Å². The lowest BCUT2D eigenvalue weighted by atomic mass is 10.0. The minimum Gasteiger partial charge on any atom is -0.326 e. The maximum atomic E-state index is 12.3. The second kappa shape index (κ2) is 7.11. The lowest BCUT2D eigenvalue weighted by Crippen LogP contribution is -2.40. The Bertz CT molecular complexity index is 545. The highest BCUT2D eigenvalue weighted by atomic mass is 35.5. The number of halogens is 1. The van der Waals surface area contributed by atoms with Crippen LogP contribution < -0.4 is 5.32 Å². The molecule has 1 unspecified atom stereocenters. The summed E-state index contributed by atoms with van der Waals surface area (Å²) in [4.78, 5) is 27.5. The van der Waals surface area contributed by atoms with Crippen LogP contribution in [0.2, 0.25) is 5.02 Å². The standard InChI is InChI=1S/C16H22ClN3O2/c1-11(2)8-14-15(21)20(16(22)18-14)10-19(3)9-12-4-6-13(17)7-5-12/h4-7,11,14H,8-10H2,1-3H3,(H,18,22). The molecule has 120 valence electrons. The molecule has 0 aliphatic carbocycles. The van der Waals surface area contributed by atoms with Crippen LogP contribution in [0.5, 0.6) is 0 Å². The maximum Gasteiger partial charge on any atom is 0.325 e. The van der Waals surface area contributed by atoms with Crippen LogP contribution in [-0.4, -0.2) is 41.5 Å². The molecule has 22 heavy (non-hydrogen) atoms. The molecular weight excluding hydrogens is 302 g/mol. The van der Waals surface area contributed by atoms with Crippen molar-refractivity contribution in [3.05, 3.63) is 34.9 Å². The number of benzene rings is 1. The molecule has 1 atom stereocenters. The zero-order valence-electron chi connectivity index (χ0n) is 13.2. The Morgan fingerprint density at radius 3 is 2.50 bits per heavy atom. The number of amides is 3. The molecule has 1 fully saturated rings. The van der Waals surface area contributed by atoms with Gasteiger partial charge in [-0.3, -0.25) is 9.69 Å². The molecule has 0 spiro atoms. The molecule has 6 heteroatoms. The minimum absolute atomic E-state index is 0.137. The molecule has 1 saturated heterocycles. The Balaban J connectivity index is 1.93. The lowest BCUT2D eigenvalue weighted by Gasteiger charge is -2.22. The summed E-state index contributed by atoms with van der Waals surface area (Å²) in [5.41, 5.74) is 1.08. The first-order chi connectivity index (χ1) is 10.4. The van der Waals surface area contributed by atoms with E-state index in [-0.39, 0.29) is 18.6 Å². The van der Waals surface area contributed by atoms with Gasteiger partial charge < -0.3 is 5.32 Å². The third kappa shape index (κ3) is 4.21. The van der Waals surface area contributed by atoms with Gasteiger partial charge >= 0.3 is 6.03 Å². The predicted molar refractivity (Wildman–Crippen MR) is 86.4 cm³/mol. The topological polar surface area (TPSA) is 52.7 Å². The van der Waals surface area contributed by atoms with E-state index in [4.69, 9.17) is 11.6 Å². The number of imide groups is 1. The van der Waals surface area contributed by atoms with E-state index < -0.39 is 6.04 Å². The highest BCUT2D eigenvalue weighted by Gasteiger charge is 2.38. The second-order valence-electron chi connectivity index (χ2n) is 6.18. The quantitative estimate of drug-likeness (QED) is 0.819. The largest absolute Gasteiger partial charge is 0.326 e. The number of nitrogens with one attached hydrogen (secondary N) is 1. The van der Waals surface area contributed by atoms with Crippen LogP contribution in [0.15, 0.2) is 24.3 Å². The van der Waals surface area contributed by atoms with Gasteiger partial charge in [-0.05, 0) is 37.1 Å². The molecule has 0 bridgehead atoms. The monoisotopic (exact) mass is 323 g/mol. The number of urea groups is 1. The van der Waals surface area contributed by atoms with E-state index in [0.717, 1.165) is 5.56 Å². The van der Waals surface area contributed by atoms with Gasteiger partial charge in [0, 0.05) is 11.6 Å². The van der Waals surface area contributed by atoms with E-state index in [0.29, 0.717) is 23.9 Å². The number of carbonyl (C=O) groups excluding carboxylic acids is 2. The number of hydrogen-bond donors (Lipinski definition) is 1. The number of hydrogen-bond acceptors (Lipinski definition) is 3. The molecule has 1 aliphatic heterocycles. The van der Waals surface area contributed by atoms with Gasteiger partial charge in [-0.1, -0.05) is 37.6 Å². The molecule has 2 rings (SSSR count). The summed E-state index contributed by atoms with van der Waals surface area (Å²) in [5.74, 6) is 0.225. The third-order valence-electron chi connectivity index (χ3n) is 3.56. The Labute approximate surface area is 136 Å². The van der Waals surface area contributed by atoms with Crippen molar-refractivity contribution in [3.8, 4) is 0 Å². The van der Waals surface area contributed by atoms with E-state index in [1.807, 2.05) is 50.1 Å². The maximum absolute atomic E-state index is 12.3. The first kappa shape index (κ1) is 16.8. The van der Waals surface area contributed by atoms with E-state index in [1.54, 1.807) is 0 Å². The zero-order chi connectivity index (χ0) is 16.3. The molecule has 5 nitrogen and oxygen atoms in total. The van der Waals surface area contributed by atoms with Crippen LogP contribution in [0.1, 0.15) is 25.8 Å². The Hall–Kier alpha value is -1.59. The average molecular weight is 324 g/mol. The summed E-state index contributed by atoms with van der Waals surface area (Å²) in [7, 11) is 1.88. The minimum atomic E-state index is -0.392. The first-order valence-electron chi connectivity index (χ1n) is 7.41. The molecule has 0 aromatic heterocycles. The summed E-state index contributed by atoms with van der Waals surface area (Å²) >= 11 is 5.86. The Kier molecular flexibility index (Phi) is 5.42. The molecule has 0 saturated carbocycles. The van der Waals surface area contributed by atoms with E-state index in [1.165, 1.54) is 4.90 Å². The van der Waals surface area contributed by atoms with E-state index >= 15 is 0 Å². The number of rotatable bonds is 6. The normalized spacial score (nSPS) is 18.5. The van der Waals surface area contributed by atoms with Crippen molar-refractivity contribution < 1.29 is 9.59 Å². The van der Waals surface area contributed by atoms with Crippen LogP contribution in [0, 0.1) is 5.92 Å². The van der Waals surface area contributed by atoms with Gasteiger partial charge in [0.1, 0.15) is 6.04 Å². The number of nitrogens with zero attached hydrogens (tertiary/aromatic N) is 2. The van der Waals surface area contributed by atoms with Gasteiger partial charge in [-0.25, -0.2) is 9.69 Å². The van der Waals surface area contributed by atoms with Gasteiger partial charge in [-0.2, -0.15) is 0 Å². The van der Waals surface area contributed by atoms with E-state index in [2.05, 4.69) is 5.32 Å². The van der Waals surface area contributed by atoms with E-state index in [9.17, 15) is 9.59 Å². The van der Waals surface area contributed by atoms with Crippen LogP contribution >= 0.6 is 11.6 Å². The van der Waals surface area contributed by atoms with Crippen LogP contribution in [0.25, 0.3) is 0 Å². The molecule has 1 aliphatic rings. The molecule has 1 aromatic carbocycles. The third-order valence-corrected chi connectivity index (χ3v) is 3.81. The highest BCUT2D eigenvalue weighted by molar-refractivity contribution is 6.30. The van der Waals surface area contributed by atoms with Crippen molar-refractivity contribution in [2.45, 2.75) is 32.9 Å². The second-order valence-corrected chi connectivity index (χ2v) is 6.62. The van der Waals surface area contributed by atoms with Crippen molar-refractivity contribution >= 4 is 23.5 Å². The van der Waals surface area contributed by atoms with Gasteiger partial charge in [0.2, 0.25) is 0 Å². The van der Waals surface area contributed by atoms with Crippen LogP contribution in [-0.2, 0) is 11.3 Å². The Morgan fingerprint density at radius 2 is 1.91 bits per heavy atom. The summed E-state index contributed by atoms with van der Waals surface area (Å²) in [6.07, 6.45) is 0.669. The summed E-state index contributed by atoms with van der Waals surface area (Å²) in [6, 6.07) is 6.84. The lowest BCUT2D eigenvalue weighted by molar-refractivity contribution is -0.129. The van der Waals surface area contributed by atoms with Gasteiger partial charge in [0.15, 0.2) is 0 Å². The fraction of sp³-hybridized carbons (Fsp3) is 0.500. The highest BCUT2D eigenvalue weighted by Crippen LogP contribution is 2.16. The van der Waals surface area contributed by atoms with Crippen molar-refractivity contribution in [2.24, 2.45) is 5.92 Å². The van der Waals surface area contributed by atoms with Crippen molar-refractivity contribution in [2.75, 3.05) is 13.7 Å². The Morgan fingerprint density at radius 1 is 1.27 bits per heavy atom. The van der Waals surface area contributed by atoms with Crippen molar-refractivity contribution in [3.63, 3.8) is 0 Å². The van der Waals surface area contributed by atoms with Crippen molar-refractivity contribution in [1.29, 1.82) is 0 Å². The molecule has 1 aromatic rings. The van der Waals surface area contributed by atoms with Gasteiger partial charge in [0.05, 0.1) is 6.67 Å². The van der Waals surface area contributed by atoms with Gasteiger partial charge in [0.25, 0.3) is 5.91 Å². The fourth-order valence-corrected chi connectivity index (χ4v) is 2.66. The molecule has 1 heterocycles.